The number of thiocarbonyl (C=S) groups is 1. The van der Waals surface area contributed by atoms with Crippen LogP contribution < -0.4 is 20.9 Å². The van der Waals surface area contributed by atoms with Crippen molar-refractivity contribution in [2.75, 3.05) is 30.9 Å². The molecule has 7 heteroatoms. The van der Waals surface area contributed by atoms with Gasteiger partial charge in [0.1, 0.15) is 5.82 Å². The first-order valence-electron chi connectivity index (χ1n) is 10.4. The second-order valence-electron chi connectivity index (χ2n) is 8.37. The molecule has 0 saturated heterocycles. The highest BCUT2D eigenvalue weighted by Gasteiger charge is 2.24. The number of aromatic nitrogens is 2. The maximum absolute atomic E-state index is 5.38. The molecular weight excluding hydrogens is 368 g/mol. The monoisotopic (exact) mass is 402 g/mol. The number of aryl methyl sites for hydroxylation is 1. The van der Waals surface area contributed by atoms with E-state index in [1.54, 1.807) is 0 Å². The SMILES string of the molecule is C=C(C)CNC(=S)NC1CCC(Nc2nc3c(c(N(C)C)n2)CCCC3)CC1. The third-order valence-electron chi connectivity index (χ3n) is 5.53. The summed E-state index contributed by atoms with van der Waals surface area (Å²) < 4.78 is 0. The van der Waals surface area contributed by atoms with Crippen LogP contribution in [0.4, 0.5) is 11.8 Å². The van der Waals surface area contributed by atoms with Crippen LogP contribution in [0.2, 0.25) is 0 Å². The van der Waals surface area contributed by atoms with E-state index in [1.165, 1.54) is 24.1 Å². The van der Waals surface area contributed by atoms with Crippen LogP contribution in [0.5, 0.6) is 0 Å². The smallest absolute Gasteiger partial charge is 0.225 e. The molecular formula is C21H34N6S. The molecule has 0 spiro atoms. The van der Waals surface area contributed by atoms with Gasteiger partial charge in [-0.15, -0.1) is 0 Å². The van der Waals surface area contributed by atoms with Crippen LogP contribution in [-0.2, 0) is 12.8 Å². The number of nitrogens with one attached hydrogen (secondary N) is 3. The number of hydrogen-bond acceptors (Lipinski definition) is 5. The Balaban J connectivity index is 1.54. The topological polar surface area (TPSA) is 65.1 Å². The highest BCUT2D eigenvalue weighted by atomic mass is 32.1. The molecule has 0 radical (unpaired) electrons. The molecule has 6 nitrogen and oxygen atoms in total. The fraction of sp³-hybridized carbons (Fsp3) is 0.667. The van der Waals surface area contributed by atoms with Crippen molar-refractivity contribution in [1.82, 2.24) is 20.6 Å². The van der Waals surface area contributed by atoms with Crippen molar-refractivity contribution < 1.29 is 0 Å². The van der Waals surface area contributed by atoms with Crippen molar-refractivity contribution in [1.29, 1.82) is 0 Å². The number of nitrogens with zero attached hydrogens (tertiary/aromatic N) is 3. The molecule has 0 aromatic carbocycles. The molecule has 2 aliphatic rings. The maximum Gasteiger partial charge on any atom is 0.225 e. The fourth-order valence-corrected chi connectivity index (χ4v) is 4.28. The molecule has 3 rings (SSSR count). The predicted octanol–water partition coefficient (Wildman–Crippen LogP) is 3.18. The Morgan fingerprint density at radius 1 is 1.11 bits per heavy atom. The summed E-state index contributed by atoms with van der Waals surface area (Å²) in [5.41, 5.74) is 3.65. The summed E-state index contributed by atoms with van der Waals surface area (Å²) in [6.07, 6.45) is 9.02. The van der Waals surface area contributed by atoms with E-state index in [1.807, 2.05) is 6.92 Å². The van der Waals surface area contributed by atoms with E-state index < -0.39 is 0 Å². The van der Waals surface area contributed by atoms with Crippen LogP contribution in [0.15, 0.2) is 12.2 Å². The first kappa shape index (κ1) is 20.8. The van der Waals surface area contributed by atoms with Gasteiger partial charge in [0, 0.05) is 38.3 Å². The first-order valence-corrected chi connectivity index (χ1v) is 10.9. The molecule has 1 aromatic rings. The molecule has 0 atom stereocenters. The highest BCUT2D eigenvalue weighted by Crippen LogP contribution is 2.29. The molecule has 0 amide bonds. The van der Waals surface area contributed by atoms with E-state index in [9.17, 15) is 0 Å². The lowest BCUT2D eigenvalue weighted by Crippen LogP contribution is -2.45. The summed E-state index contributed by atoms with van der Waals surface area (Å²) in [6, 6.07) is 0.858. The van der Waals surface area contributed by atoms with Gasteiger partial charge in [-0.1, -0.05) is 12.2 Å². The van der Waals surface area contributed by atoms with Crippen molar-refractivity contribution in [3.05, 3.63) is 23.4 Å². The molecule has 154 valence electrons. The van der Waals surface area contributed by atoms with Gasteiger partial charge >= 0.3 is 0 Å². The summed E-state index contributed by atoms with van der Waals surface area (Å²) in [4.78, 5) is 11.8. The van der Waals surface area contributed by atoms with Crippen molar-refractivity contribution in [3.63, 3.8) is 0 Å². The van der Waals surface area contributed by atoms with E-state index >= 15 is 0 Å². The second kappa shape index (κ2) is 9.54. The molecule has 1 saturated carbocycles. The fourth-order valence-electron chi connectivity index (χ4n) is 4.04. The summed E-state index contributed by atoms with van der Waals surface area (Å²) in [5.74, 6) is 1.87. The lowest BCUT2D eigenvalue weighted by molar-refractivity contribution is 0.385. The lowest BCUT2D eigenvalue weighted by atomic mass is 9.91. The Kier molecular flexibility index (Phi) is 7.10. The van der Waals surface area contributed by atoms with Crippen LogP contribution >= 0.6 is 12.2 Å². The Labute approximate surface area is 174 Å². The van der Waals surface area contributed by atoms with Gasteiger partial charge < -0.3 is 20.9 Å². The van der Waals surface area contributed by atoms with E-state index in [0.717, 1.165) is 67.5 Å². The number of rotatable bonds is 6. The zero-order chi connectivity index (χ0) is 20.1. The van der Waals surface area contributed by atoms with Crippen LogP contribution in [-0.4, -0.2) is 47.8 Å². The molecule has 1 fully saturated rings. The molecule has 3 N–H and O–H groups in total. The van der Waals surface area contributed by atoms with Gasteiger partial charge in [0.15, 0.2) is 5.11 Å². The standard InChI is InChI=1S/C21H34N6S/c1-14(2)13-22-21(28)24-16-11-9-15(10-12-16)23-20-25-18-8-6-5-7-17(18)19(26-20)27(3)4/h15-16H,1,5-13H2,2-4H3,(H2,22,24,28)(H,23,25,26). The van der Waals surface area contributed by atoms with Crippen LogP contribution in [0.25, 0.3) is 0 Å². The minimum Gasteiger partial charge on any atom is -0.362 e. The van der Waals surface area contributed by atoms with Crippen molar-refractivity contribution in [2.24, 2.45) is 0 Å². The minimum atomic E-state index is 0.423. The van der Waals surface area contributed by atoms with Gasteiger partial charge in [-0.25, -0.2) is 4.98 Å². The van der Waals surface area contributed by atoms with E-state index in [0.29, 0.717) is 12.1 Å². The Hall–Kier alpha value is -1.89. The Morgan fingerprint density at radius 2 is 1.79 bits per heavy atom. The van der Waals surface area contributed by atoms with E-state index in [-0.39, 0.29) is 0 Å². The Morgan fingerprint density at radius 3 is 2.46 bits per heavy atom. The average Bonchev–Trinajstić information content (AvgIpc) is 2.67. The molecule has 0 unspecified atom stereocenters. The highest BCUT2D eigenvalue weighted by molar-refractivity contribution is 7.80. The lowest BCUT2D eigenvalue weighted by Gasteiger charge is -2.31. The van der Waals surface area contributed by atoms with Gasteiger partial charge in [-0.2, -0.15) is 4.98 Å². The largest absolute Gasteiger partial charge is 0.362 e. The van der Waals surface area contributed by atoms with Gasteiger partial charge in [-0.3, -0.25) is 0 Å². The molecule has 28 heavy (non-hydrogen) atoms. The average molecular weight is 403 g/mol. The third kappa shape index (κ3) is 5.56. The normalized spacial score (nSPS) is 21.4. The van der Waals surface area contributed by atoms with Gasteiger partial charge in [0.05, 0.1) is 5.69 Å². The maximum atomic E-state index is 5.38. The van der Waals surface area contributed by atoms with Crippen molar-refractivity contribution >= 4 is 29.1 Å². The summed E-state index contributed by atoms with van der Waals surface area (Å²) >= 11 is 5.38. The van der Waals surface area contributed by atoms with Crippen LogP contribution in [0.3, 0.4) is 0 Å². The first-order chi connectivity index (χ1) is 13.4. The number of fused-ring (bicyclic) bond motifs is 1. The molecule has 0 bridgehead atoms. The van der Waals surface area contributed by atoms with E-state index in [4.69, 9.17) is 22.2 Å². The Bertz CT molecular complexity index is 709. The number of hydrogen-bond donors (Lipinski definition) is 3. The molecule has 1 heterocycles. The zero-order valence-corrected chi connectivity index (χ0v) is 18.3. The van der Waals surface area contributed by atoms with Gasteiger partial charge in [0.25, 0.3) is 0 Å². The second-order valence-corrected chi connectivity index (χ2v) is 8.78. The van der Waals surface area contributed by atoms with Crippen molar-refractivity contribution in [2.45, 2.75) is 70.4 Å². The predicted molar refractivity (Wildman–Crippen MR) is 121 cm³/mol. The van der Waals surface area contributed by atoms with Crippen molar-refractivity contribution in [3.8, 4) is 0 Å². The zero-order valence-electron chi connectivity index (χ0n) is 17.5. The van der Waals surface area contributed by atoms with Gasteiger partial charge in [-0.05, 0) is 70.5 Å². The molecule has 0 aliphatic heterocycles. The molecule has 1 aromatic heterocycles. The van der Waals surface area contributed by atoms with E-state index in [2.05, 4.69) is 41.5 Å². The number of anilines is 2. The molecule has 2 aliphatic carbocycles. The summed E-state index contributed by atoms with van der Waals surface area (Å²) in [6.45, 7) is 6.62. The summed E-state index contributed by atoms with van der Waals surface area (Å²) in [5, 5.41) is 11.0. The quantitative estimate of drug-likeness (QED) is 0.499. The van der Waals surface area contributed by atoms with Crippen LogP contribution in [0, 0.1) is 0 Å². The minimum absolute atomic E-state index is 0.423. The van der Waals surface area contributed by atoms with Crippen LogP contribution in [0.1, 0.15) is 56.7 Å². The third-order valence-corrected chi connectivity index (χ3v) is 5.79. The summed E-state index contributed by atoms with van der Waals surface area (Å²) in [7, 11) is 4.14. The van der Waals surface area contributed by atoms with Gasteiger partial charge in [0.2, 0.25) is 5.95 Å².